The Morgan fingerprint density at radius 1 is 1.13 bits per heavy atom. The van der Waals surface area contributed by atoms with Crippen LogP contribution in [0.3, 0.4) is 0 Å². The molecule has 3 rings (SSSR count). The summed E-state index contributed by atoms with van der Waals surface area (Å²) in [5, 5.41) is 13.8. The molecule has 2 aromatic rings. The molecule has 1 aliphatic rings. The van der Waals surface area contributed by atoms with Crippen LogP contribution in [0.2, 0.25) is 0 Å². The maximum Gasteiger partial charge on any atom is 0.410 e. The molecule has 0 bridgehead atoms. The van der Waals surface area contributed by atoms with Crippen LogP contribution >= 0.6 is 0 Å². The van der Waals surface area contributed by atoms with E-state index in [4.69, 9.17) is 9.47 Å². The number of amides is 1. The first-order valence-corrected chi connectivity index (χ1v) is 9.88. The first-order chi connectivity index (χ1) is 14.3. The molecule has 1 saturated heterocycles. The summed E-state index contributed by atoms with van der Waals surface area (Å²) in [7, 11) is 0. The van der Waals surface area contributed by atoms with Crippen LogP contribution in [0.4, 0.5) is 10.5 Å². The molecule has 0 spiro atoms. The third kappa shape index (κ3) is 5.98. The molecule has 0 unspecified atom stereocenters. The Hall–Kier alpha value is -3.53. The highest BCUT2D eigenvalue weighted by Gasteiger charge is 2.32. The Bertz CT molecular complexity index is 928. The number of hydrazone groups is 1. The molecule has 0 aliphatic carbocycles. The first kappa shape index (κ1) is 21.2. The maximum absolute atomic E-state index is 12.2. The zero-order valence-corrected chi connectivity index (χ0v) is 17.5. The fourth-order valence-corrected chi connectivity index (χ4v) is 3.03. The number of nitrogens with one attached hydrogen (secondary N) is 1. The summed E-state index contributed by atoms with van der Waals surface area (Å²) in [6.45, 7) is 6.47. The van der Waals surface area contributed by atoms with Gasteiger partial charge in [0.15, 0.2) is 0 Å². The quantitative estimate of drug-likeness (QED) is 0.556. The minimum absolute atomic E-state index is 0.115. The van der Waals surface area contributed by atoms with E-state index in [2.05, 4.69) is 16.6 Å². The number of likely N-dealkylation sites (tertiary alicyclic amines) is 1. The Labute approximate surface area is 176 Å². The standard InChI is InChI=1S/C23H26N4O3/c1-23(2,3)30-22(28)27-14-13-17(16-27)21(15-24)26-25-18-9-11-20(12-10-18)29-19-7-5-4-6-8-19/h4-12,17,25H,13-14,16H2,1-3H3/b26-21+/t17-/m1/s1. The molecular formula is C23H26N4O3. The fraction of sp³-hybridized carbons (Fsp3) is 0.348. The zero-order chi connectivity index (χ0) is 21.6. The van der Waals surface area contributed by atoms with Crippen molar-refractivity contribution in [1.82, 2.24) is 4.90 Å². The molecule has 0 radical (unpaired) electrons. The zero-order valence-electron chi connectivity index (χ0n) is 17.5. The van der Waals surface area contributed by atoms with Crippen molar-refractivity contribution in [2.45, 2.75) is 32.8 Å². The molecule has 1 N–H and O–H groups in total. The van der Waals surface area contributed by atoms with Crippen molar-refractivity contribution in [2.75, 3.05) is 18.5 Å². The largest absolute Gasteiger partial charge is 0.457 e. The van der Waals surface area contributed by atoms with Gasteiger partial charge < -0.3 is 14.4 Å². The molecule has 2 aromatic carbocycles. The normalized spacial score (nSPS) is 16.7. The number of carbonyl (C=O) groups excluding carboxylic acids is 1. The van der Waals surface area contributed by atoms with E-state index in [0.717, 1.165) is 11.4 Å². The van der Waals surface area contributed by atoms with Crippen LogP contribution in [0.25, 0.3) is 0 Å². The molecule has 0 saturated carbocycles. The van der Waals surface area contributed by atoms with Crippen LogP contribution in [-0.4, -0.2) is 35.4 Å². The van der Waals surface area contributed by atoms with Gasteiger partial charge >= 0.3 is 6.09 Å². The Morgan fingerprint density at radius 2 is 1.80 bits per heavy atom. The predicted octanol–water partition coefficient (Wildman–Crippen LogP) is 5.03. The van der Waals surface area contributed by atoms with E-state index in [1.165, 1.54) is 0 Å². The minimum atomic E-state index is -0.542. The SMILES string of the molecule is CC(C)(C)OC(=O)N1CC[C@@H](/C(C#N)=N/Nc2ccc(Oc3ccccc3)cc2)C1. The summed E-state index contributed by atoms with van der Waals surface area (Å²) in [4.78, 5) is 13.8. The van der Waals surface area contributed by atoms with Crippen LogP contribution < -0.4 is 10.2 Å². The van der Waals surface area contributed by atoms with Gasteiger partial charge in [-0.3, -0.25) is 5.43 Å². The fourth-order valence-electron chi connectivity index (χ4n) is 3.03. The third-order valence-electron chi connectivity index (χ3n) is 4.48. The van der Waals surface area contributed by atoms with Gasteiger partial charge in [-0.15, -0.1) is 0 Å². The van der Waals surface area contributed by atoms with Crippen LogP contribution in [-0.2, 0) is 4.74 Å². The Morgan fingerprint density at radius 3 is 2.43 bits per heavy atom. The van der Waals surface area contributed by atoms with Crippen LogP contribution in [0, 0.1) is 17.2 Å². The van der Waals surface area contributed by atoms with E-state index in [1.54, 1.807) is 4.90 Å². The van der Waals surface area contributed by atoms with Crippen molar-refractivity contribution < 1.29 is 14.3 Å². The van der Waals surface area contributed by atoms with E-state index in [0.29, 0.717) is 31.0 Å². The van der Waals surface area contributed by atoms with Gasteiger partial charge in [0.05, 0.1) is 5.69 Å². The van der Waals surface area contributed by atoms with Gasteiger partial charge in [-0.05, 0) is 63.6 Å². The topological polar surface area (TPSA) is 87.0 Å². The average Bonchev–Trinajstić information content (AvgIpc) is 3.20. The summed E-state index contributed by atoms with van der Waals surface area (Å²) in [5.41, 5.74) is 3.49. The van der Waals surface area contributed by atoms with E-state index < -0.39 is 5.60 Å². The van der Waals surface area contributed by atoms with Crippen LogP contribution in [0.5, 0.6) is 11.5 Å². The van der Waals surface area contributed by atoms with Gasteiger partial charge in [0.1, 0.15) is 28.9 Å². The Kier molecular flexibility index (Phi) is 6.58. The molecule has 30 heavy (non-hydrogen) atoms. The van der Waals surface area contributed by atoms with Crippen molar-refractivity contribution in [3.63, 3.8) is 0 Å². The monoisotopic (exact) mass is 406 g/mol. The highest BCUT2D eigenvalue weighted by molar-refractivity contribution is 6.01. The summed E-state index contributed by atoms with van der Waals surface area (Å²) >= 11 is 0. The highest BCUT2D eigenvalue weighted by Crippen LogP contribution is 2.24. The average molecular weight is 406 g/mol. The van der Waals surface area contributed by atoms with E-state index in [9.17, 15) is 10.1 Å². The summed E-state index contributed by atoms with van der Waals surface area (Å²) < 4.78 is 11.2. The molecule has 1 fully saturated rings. The lowest BCUT2D eigenvalue weighted by molar-refractivity contribution is 0.0292. The predicted molar refractivity (Wildman–Crippen MR) is 116 cm³/mol. The van der Waals surface area contributed by atoms with Gasteiger partial charge in [0.2, 0.25) is 0 Å². The molecule has 1 atom stereocenters. The van der Waals surface area contributed by atoms with Gasteiger partial charge in [-0.2, -0.15) is 10.4 Å². The lowest BCUT2D eigenvalue weighted by Crippen LogP contribution is -2.35. The second-order valence-electron chi connectivity index (χ2n) is 8.07. The number of nitrogens with zero attached hydrogens (tertiary/aromatic N) is 3. The van der Waals surface area contributed by atoms with Gasteiger partial charge in [-0.25, -0.2) is 4.79 Å². The van der Waals surface area contributed by atoms with Crippen molar-refractivity contribution in [2.24, 2.45) is 11.0 Å². The molecule has 156 valence electrons. The van der Waals surface area contributed by atoms with Gasteiger partial charge in [0.25, 0.3) is 0 Å². The first-order valence-electron chi connectivity index (χ1n) is 9.88. The van der Waals surface area contributed by atoms with E-state index in [-0.39, 0.29) is 12.0 Å². The number of hydrogen-bond acceptors (Lipinski definition) is 6. The highest BCUT2D eigenvalue weighted by atomic mass is 16.6. The molecule has 7 heteroatoms. The number of carbonyl (C=O) groups is 1. The number of benzene rings is 2. The second kappa shape index (κ2) is 9.31. The lowest BCUT2D eigenvalue weighted by atomic mass is 10.0. The molecule has 1 aliphatic heterocycles. The van der Waals surface area contributed by atoms with Gasteiger partial charge in [-0.1, -0.05) is 18.2 Å². The molecule has 0 aromatic heterocycles. The van der Waals surface area contributed by atoms with Crippen molar-refractivity contribution in [1.29, 1.82) is 5.26 Å². The molecule has 1 amide bonds. The van der Waals surface area contributed by atoms with E-state index in [1.807, 2.05) is 75.4 Å². The van der Waals surface area contributed by atoms with Crippen molar-refractivity contribution in [3.05, 3.63) is 54.6 Å². The van der Waals surface area contributed by atoms with Gasteiger partial charge in [0, 0.05) is 19.0 Å². The van der Waals surface area contributed by atoms with Crippen LogP contribution in [0.15, 0.2) is 59.7 Å². The van der Waals surface area contributed by atoms with E-state index >= 15 is 0 Å². The summed E-state index contributed by atoms with van der Waals surface area (Å²) in [6.07, 6.45) is 0.321. The number of ether oxygens (including phenoxy) is 2. The smallest absolute Gasteiger partial charge is 0.410 e. The summed E-state index contributed by atoms with van der Waals surface area (Å²) in [5.74, 6) is 1.36. The third-order valence-corrected chi connectivity index (χ3v) is 4.48. The van der Waals surface area contributed by atoms with Crippen LogP contribution in [0.1, 0.15) is 27.2 Å². The number of anilines is 1. The number of nitriles is 1. The lowest BCUT2D eigenvalue weighted by Gasteiger charge is -2.24. The van der Waals surface area contributed by atoms with Crippen molar-refractivity contribution in [3.8, 4) is 17.6 Å². The summed E-state index contributed by atoms with van der Waals surface area (Å²) in [6, 6.07) is 19.0. The number of hydrogen-bond donors (Lipinski definition) is 1. The maximum atomic E-state index is 12.2. The number of rotatable bonds is 5. The second-order valence-corrected chi connectivity index (χ2v) is 8.07. The van der Waals surface area contributed by atoms with Crippen molar-refractivity contribution >= 4 is 17.5 Å². The minimum Gasteiger partial charge on any atom is -0.457 e. The molecule has 1 heterocycles. The Balaban J connectivity index is 1.57. The molecular weight excluding hydrogens is 380 g/mol. The molecule has 7 nitrogen and oxygen atoms in total. The number of para-hydroxylation sites is 1.